The first kappa shape index (κ1) is 19.7. The molecule has 1 N–H and O–H groups in total. The van der Waals surface area contributed by atoms with Crippen molar-refractivity contribution in [1.29, 1.82) is 0 Å². The van der Waals surface area contributed by atoms with Crippen LogP contribution in [0.25, 0.3) is 0 Å². The Kier molecular flexibility index (Phi) is 5.78. The van der Waals surface area contributed by atoms with Crippen LogP contribution in [0, 0.1) is 12.8 Å². The van der Waals surface area contributed by atoms with Crippen molar-refractivity contribution >= 4 is 15.9 Å². The van der Waals surface area contributed by atoms with Crippen molar-refractivity contribution in [3.05, 3.63) is 29.3 Å². The Morgan fingerprint density at radius 3 is 2.40 bits per heavy atom. The quantitative estimate of drug-likeness (QED) is 0.876. The van der Waals surface area contributed by atoms with Crippen molar-refractivity contribution in [3.8, 4) is 0 Å². The van der Waals surface area contributed by atoms with Crippen molar-refractivity contribution in [2.45, 2.75) is 37.8 Å². The van der Waals surface area contributed by atoms with Gasteiger partial charge in [0.2, 0.25) is 15.9 Å². The van der Waals surface area contributed by atoms with Crippen molar-refractivity contribution < 1.29 is 26.4 Å². The minimum absolute atomic E-state index is 0.0135. The number of nitrogens with one attached hydrogen (secondary N) is 1. The van der Waals surface area contributed by atoms with Crippen LogP contribution in [-0.4, -0.2) is 38.3 Å². The number of benzene rings is 1. The smallest absolute Gasteiger partial charge is 0.356 e. The fourth-order valence-electron chi connectivity index (χ4n) is 2.86. The molecule has 5 nitrogen and oxygen atoms in total. The van der Waals surface area contributed by atoms with Gasteiger partial charge in [-0.05, 0) is 43.4 Å². The van der Waals surface area contributed by atoms with E-state index in [-0.39, 0.29) is 35.4 Å². The van der Waals surface area contributed by atoms with E-state index in [0.717, 1.165) is 0 Å². The first-order valence-corrected chi connectivity index (χ1v) is 9.38. The van der Waals surface area contributed by atoms with Crippen LogP contribution in [-0.2, 0) is 21.0 Å². The molecule has 0 spiro atoms. The van der Waals surface area contributed by atoms with Crippen LogP contribution in [0.4, 0.5) is 13.2 Å². The van der Waals surface area contributed by atoms with Crippen molar-refractivity contribution in [2.75, 3.05) is 19.6 Å². The Bertz CT molecular complexity index is 739. The Morgan fingerprint density at radius 1 is 1.28 bits per heavy atom. The van der Waals surface area contributed by atoms with E-state index in [1.54, 1.807) is 0 Å². The normalized spacial score (nSPS) is 17.5. The number of hydrogen-bond acceptors (Lipinski definition) is 3. The Balaban J connectivity index is 2.14. The maximum atomic E-state index is 13.0. The van der Waals surface area contributed by atoms with E-state index in [0.29, 0.717) is 25.5 Å². The van der Waals surface area contributed by atoms with Gasteiger partial charge in [0, 0.05) is 26.6 Å². The summed E-state index contributed by atoms with van der Waals surface area (Å²) >= 11 is 0. The standard InChI is InChI=1S/C16H21F3N2O3S/c1-11-3-4-14(9-15(11)16(17,18)19)25(23,24)21-7-5-13(6-8-21)10-20-12(2)22/h3-4,9,13H,5-8,10H2,1-2H3,(H,20,22). The van der Waals surface area contributed by atoms with Crippen molar-refractivity contribution in [2.24, 2.45) is 5.92 Å². The van der Waals surface area contributed by atoms with E-state index in [2.05, 4.69) is 5.32 Å². The lowest BCUT2D eigenvalue weighted by Gasteiger charge is -2.31. The highest BCUT2D eigenvalue weighted by atomic mass is 32.2. The SMILES string of the molecule is CC(=O)NCC1CCN(S(=O)(=O)c2ccc(C)c(C(F)(F)F)c2)CC1. The van der Waals surface area contributed by atoms with E-state index in [9.17, 15) is 26.4 Å². The molecule has 0 bridgehead atoms. The zero-order chi connectivity index (χ0) is 18.8. The molecule has 1 saturated heterocycles. The average molecular weight is 378 g/mol. The van der Waals surface area contributed by atoms with Crippen LogP contribution in [0.1, 0.15) is 30.9 Å². The number of nitrogens with zero attached hydrogens (tertiary/aromatic N) is 1. The Labute approximate surface area is 145 Å². The molecule has 140 valence electrons. The number of carbonyl (C=O) groups is 1. The summed E-state index contributed by atoms with van der Waals surface area (Å²) in [5.41, 5.74) is -0.949. The fraction of sp³-hybridized carbons (Fsp3) is 0.562. The lowest BCUT2D eigenvalue weighted by atomic mass is 9.98. The third kappa shape index (κ3) is 4.72. The van der Waals surface area contributed by atoms with Gasteiger partial charge in [-0.15, -0.1) is 0 Å². The van der Waals surface area contributed by atoms with Gasteiger partial charge in [-0.25, -0.2) is 8.42 Å². The molecule has 1 heterocycles. The van der Waals surface area contributed by atoms with E-state index in [1.807, 2.05) is 0 Å². The minimum atomic E-state index is -4.60. The number of carbonyl (C=O) groups excluding carboxylic acids is 1. The molecule has 2 rings (SSSR count). The first-order chi connectivity index (χ1) is 11.5. The molecule has 0 atom stereocenters. The predicted molar refractivity (Wildman–Crippen MR) is 86.3 cm³/mol. The van der Waals surface area contributed by atoms with Gasteiger partial charge in [0.1, 0.15) is 0 Å². The molecule has 1 amide bonds. The highest BCUT2D eigenvalue weighted by Gasteiger charge is 2.35. The van der Waals surface area contributed by atoms with Gasteiger partial charge in [-0.1, -0.05) is 6.07 Å². The number of aryl methyl sites for hydroxylation is 1. The summed E-state index contributed by atoms with van der Waals surface area (Å²) in [5.74, 6) is 0.0218. The third-order valence-electron chi connectivity index (χ3n) is 4.37. The summed E-state index contributed by atoms with van der Waals surface area (Å²) in [5, 5.41) is 2.70. The summed E-state index contributed by atoms with van der Waals surface area (Å²) in [6.45, 7) is 3.64. The summed E-state index contributed by atoms with van der Waals surface area (Å²) in [6.07, 6.45) is -3.49. The van der Waals surface area contributed by atoms with Gasteiger partial charge >= 0.3 is 6.18 Å². The lowest BCUT2D eigenvalue weighted by molar-refractivity contribution is -0.138. The van der Waals surface area contributed by atoms with E-state index >= 15 is 0 Å². The number of halogens is 3. The molecule has 1 aliphatic heterocycles. The number of sulfonamides is 1. The van der Waals surface area contributed by atoms with Gasteiger partial charge in [-0.3, -0.25) is 4.79 Å². The molecule has 1 aromatic carbocycles. The molecule has 0 saturated carbocycles. The largest absolute Gasteiger partial charge is 0.416 e. The predicted octanol–water partition coefficient (Wildman–Crippen LogP) is 2.55. The van der Waals surface area contributed by atoms with Crippen LogP contribution in [0.5, 0.6) is 0 Å². The highest BCUT2D eigenvalue weighted by molar-refractivity contribution is 7.89. The van der Waals surface area contributed by atoms with Gasteiger partial charge in [0.05, 0.1) is 10.5 Å². The summed E-state index contributed by atoms with van der Waals surface area (Å²) in [7, 11) is -3.97. The zero-order valence-electron chi connectivity index (χ0n) is 14.1. The number of rotatable bonds is 4. The highest BCUT2D eigenvalue weighted by Crippen LogP contribution is 2.34. The second-order valence-corrected chi connectivity index (χ2v) is 8.20. The molecule has 0 radical (unpaired) electrons. The number of alkyl halides is 3. The Hall–Kier alpha value is -1.61. The van der Waals surface area contributed by atoms with Crippen LogP contribution >= 0.6 is 0 Å². The summed E-state index contributed by atoms with van der Waals surface area (Å²) < 4.78 is 65.5. The monoisotopic (exact) mass is 378 g/mol. The molecule has 1 aliphatic rings. The summed E-state index contributed by atoms with van der Waals surface area (Å²) in [6, 6.07) is 3.09. The molecule has 0 aliphatic carbocycles. The molecule has 0 aromatic heterocycles. The maximum absolute atomic E-state index is 13.0. The van der Waals surface area contributed by atoms with E-state index in [1.165, 1.54) is 30.3 Å². The van der Waals surface area contributed by atoms with Crippen molar-refractivity contribution in [1.82, 2.24) is 9.62 Å². The molecule has 1 aromatic rings. The van der Waals surface area contributed by atoms with Crippen LogP contribution in [0.2, 0.25) is 0 Å². The van der Waals surface area contributed by atoms with Gasteiger partial charge < -0.3 is 5.32 Å². The third-order valence-corrected chi connectivity index (χ3v) is 6.26. The molecule has 25 heavy (non-hydrogen) atoms. The van der Waals surface area contributed by atoms with Crippen LogP contribution in [0.15, 0.2) is 23.1 Å². The molecule has 0 unspecified atom stereocenters. The number of amides is 1. The Morgan fingerprint density at radius 2 is 1.88 bits per heavy atom. The second kappa shape index (κ2) is 7.33. The maximum Gasteiger partial charge on any atom is 0.416 e. The molecular weight excluding hydrogens is 357 g/mol. The minimum Gasteiger partial charge on any atom is -0.356 e. The fourth-order valence-corrected chi connectivity index (χ4v) is 4.35. The van der Waals surface area contributed by atoms with Gasteiger partial charge in [-0.2, -0.15) is 17.5 Å². The lowest BCUT2D eigenvalue weighted by Crippen LogP contribution is -2.41. The van der Waals surface area contributed by atoms with Gasteiger partial charge in [0.15, 0.2) is 0 Å². The van der Waals surface area contributed by atoms with Crippen LogP contribution < -0.4 is 5.32 Å². The first-order valence-electron chi connectivity index (χ1n) is 7.94. The van der Waals surface area contributed by atoms with Crippen molar-refractivity contribution in [3.63, 3.8) is 0 Å². The molecule has 1 fully saturated rings. The zero-order valence-corrected chi connectivity index (χ0v) is 14.9. The topological polar surface area (TPSA) is 66.5 Å². The van der Waals surface area contributed by atoms with E-state index in [4.69, 9.17) is 0 Å². The second-order valence-electron chi connectivity index (χ2n) is 6.26. The molecular formula is C16H21F3N2O3S. The molecule has 9 heteroatoms. The van der Waals surface area contributed by atoms with Gasteiger partial charge in [0.25, 0.3) is 0 Å². The van der Waals surface area contributed by atoms with E-state index < -0.39 is 21.8 Å². The number of hydrogen-bond donors (Lipinski definition) is 1. The average Bonchev–Trinajstić information content (AvgIpc) is 2.52. The van der Waals surface area contributed by atoms with Crippen LogP contribution in [0.3, 0.4) is 0 Å². The number of piperidine rings is 1. The summed E-state index contributed by atoms with van der Waals surface area (Å²) in [4.78, 5) is 10.6.